The van der Waals surface area contributed by atoms with Gasteiger partial charge in [-0.15, -0.1) is 4.57 Å². The summed E-state index contributed by atoms with van der Waals surface area (Å²) < 4.78 is 17.2. The highest BCUT2D eigenvalue weighted by Crippen LogP contribution is 2.38. The zero-order valence-corrected chi connectivity index (χ0v) is 11.6. The van der Waals surface area contributed by atoms with Crippen molar-refractivity contribution in [2.45, 2.75) is 0 Å². The van der Waals surface area contributed by atoms with E-state index in [1.165, 1.54) is 25.9 Å². The highest BCUT2D eigenvalue weighted by molar-refractivity contribution is 5.89. The first-order chi connectivity index (χ1) is 9.71. The molecule has 2 aromatic rings. The Morgan fingerprint density at radius 1 is 0.900 bits per heavy atom. The van der Waals surface area contributed by atoms with Crippen LogP contribution < -0.4 is 18.8 Å². The second-order valence-electron chi connectivity index (χ2n) is 4.00. The molecule has 0 radical (unpaired) electrons. The topological polar surface area (TPSA) is 48.6 Å². The number of benzene rings is 1. The van der Waals surface area contributed by atoms with Crippen molar-refractivity contribution in [3.8, 4) is 17.2 Å². The molecule has 0 saturated heterocycles. The molecule has 104 valence electrons. The molecule has 0 aliphatic heterocycles. The maximum Gasteiger partial charge on any atom is 0.424 e. The lowest BCUT2D eigenvalue weighted by Crippen LogP contribution is -2.41. The molecule has 0 aliphatic carbocycles. The Labute approximate surface area is 117 Å². The Kier molecular flexibility index (Phi) is 4.20. The molecule has 2 rings (SSSR count). The summed E-state index contributed by atoms with van der Waals surface area (Å²) >= 11 is 0. The summed E-state index contributed by atoms with van der Waals surface area (Å²) in [6.45, 7) is 0. The minimum atomic E-state index is -0.176. The number of aromatic nitrogens is 1. The van der Waals surface area contributed by atoms with Crippen LogP contribution in [0.15, 0.2) is 42.7 Å². The third kappa shape index (κ3) is 2.56. The van der Waals surface area contributed by atoms with Crippen molar-refractivity contribution in [3.05, 3.63) is 48.3 Å². The third-order valence-corrected chi connectivity index (χ3v) is 2.86. The van der Waals surface area contributed by atoms with Gasteiger partial charge in [0.15, 0.2) is 23.9 Å². The molecule has 0 saturated carbocycles. The zero-order chi connectivity index (χ0) is 14.5. The predicted molar refractivity (Wildman–Crippen MR) is 72.5 cm³/mol. The fraction of sp³-hybridized carbons (Fsp3) is 0.200. The molecule has 0 bridgehead atoms. The SMILES string of the molecule is COc1cc(C(=O)[n+]2ccccc2)cc(OC)c1OC. The van der Waals surface area contributed by atoms with Crippen LogP contribution in [-0.4, -0.2) is 27.2 Å². The van der Waals surface area contributed by atoms with Gasteiger partial charge in [0.2, 0.25) is 5.75 Å². The van der Waals surface area contributed by atoms with Gasteiger partial charge in [-0.05, 0) is 0 Å². The van der Waals surface area contributed by atoms with Crippen molar-refractivity contribution < 1.29 is 23.6 Å². The van der Waals surface area contributed by atoms with Crippen molar-refractivity contribution in [1.29, 1.82) is 0 Å². The highest BCUT2D eigenvalue weighted by Gasteiger charge is 2.22. The fourth-order valence-electron chi connectivity index (χ4n) is 1.89. The van der Waals surface area contributed by atoms with Crippen LogP contribution in [0.1, 0.15) is 10.4 Å². The van der Waals surface area contributed by atoms with Gasteiger partial charge in [0.25, 0.3) is 0 Å². The first-order valence-corrected chi connectivity index (χ1v) is 6.02. The van der Waals surface area contributed by atoms with Gasteiger partial charge in [0, 0.05) is 24.3 Å². The van der Waals surface area contributed by atoms with Gasteiger partial charge in [-0.25, -0.2) is 4.79 Å². The van der Waals surface area contributed by atoms with Gasteiger partial charge in [0.1, 0.15) is 0 Å². The molecule has 0 fully saturated rings. The van der Waals surface area contributed by atoms with E-state index in [1.54, 1.807) is 36.7 Å². The number of hydrogen-bond donors (Lipinski definition) is 0. The van der Waals surface area contributed by atoms with E-state index >= 15 is 0 Å². The van der Waals surface area contributed by atoms with E-state index in [4.69, 9.17) is 14.2 Å². The Bertz CT molecular complexity index is 586. The minimum Gasteiger partial charge on any atom is -0.493 e. The molecule has 1 aromatic heterocycles. The number of ether oxygens (including phenoxy) is 3. The van der Waals surface area contributed by atoms with Crippen LogP contribution >= 0.6 is 0 Å². The summed E-state index contributed by atoms with van der Waals surface area (Å²) in [6.07, 6.45) is 3.37. The Balaban J connectivity index is 2.50. The van der Waals surface area contributed by atoms with Crippen LogP contribution in [0.2, 0.25) is 0 Å². The number of rotatable bonds is 4. The monoisotopic (exact) mass is 274 g/mol. The largest absolute Gasteiger partial charge is 0.493 e. The van der Waals surface area contributed by atoms with Crippen LogP contribution in [0.5, 0.6) is 17.2 Å². The smallest absolute Gasteiger partial charge is 0.424 e. The molecule has 0 aliphatic rings. The van der Waals surface area contributed by atoms with Crippen molar-refractivity contribution in [3.63, 3.8) is 0 Å². The van der Waals surface area contributed by atoms with E-state index in [0.717, 1.165) is 0 Å². The summed E-state index contributed by atoms with van der Waals surface area (Å²) in [4.78, 5) is 12.4. The molecule has 0 unspecified atom stereocenters. The Morgan fingerprint density at radius 2 is 1.45 bits per heavy atom. The normalized spacial score (nSPS) is 9.95. The summed E-state index contributed by atoms with van der Waals surface area (Å²) in [7, 11) is 4.55. The van der Waals surface area contributed by atoms with Crippen LogP contribution in [0, 0.1) is 0 Å². The summed E-state index contributed by atoms with van der Waals surface area (Å²) in [5, 5.41) is 0. The summed E-state index contributed by atoms with van der Waals surface area (Å²) in [5.74, 6) is 1.19. The van der Waals surface area contributed by atoms with E-state index in [9.17, 15) is 4.79 Å². The van der Waals surface area contributed by atoms with Gasteiger partial charge in [-0.1, -0.05) is 6.07 Å². The van der Waals surface area contributed by atoms with Crippen molar-refractivity contribution in [2.24, 2.45) is 0 Å². The van der Waals surface area contributed by atoms with Crippen LogP contribution in [0.4, 0.5) is 0 Å². The fourth-order valence-corrected chi connectivity index (χ4v) is 1.89. The van der Waals surface area contributed by atoms with E-state index in [2.05, 4.69) is 0 Å². The van der Waals surface area contributed by atoms with Crippen LogP contribution in [0.3, 0.4) is 0 Å². The van der Waals surface area contributed by atoms with E-state index < -0.39 is 0 Å². The lowest BCUT2D eigenvalue weighted by molar-refractivity contribution is -0.570. The quantitative estimate of drug-likeness (QED) is 0.796. The highest BCUT2D eigenvalue weighted by atomic mass is 16.5. The average molecular weight is 274 g/mol. The Morgan fingerprint density at radius 3 is 1.90 bits per heavy atom. The molecule has 5 nitrogen and oxygen atoms in total. The van der Waals surface area contributed by atoms with Gasteiger partial charge in [-0.2, -0.15) is 0 Å². The zero-order valence-electron chi connectivity index (χ0n) is 11.6. The van der Waals surface area contributed by atoms with E-state index in [0.29, 0.717) is 22.8 Å². The molecular weight excluding hydrogens is 258 g/mol. The number of methoxy groups -OCH3 is 3. The van der Waals surface area contributed by atoms with Crippen LogP contribution in [0.25, 0.3) is 0 Å². The number of nitrogens with zero attached hydrogens (tertiary/aromatic N) is 1. The first-order valence-electron chi connectivity index (χ1n) is 6.02. The standard InChI is InChI=1S/C15H16NO4/c1-18-12-9-11(10-13(19-2)14(12)20-3)15(17)16-7-5-4-6-8-16/h4-10H,1-3H3/q+1. The van der Waals surface area contributed by atoms with Crippen molar-refractivity contribution >= 4 is 5.91 Å². The molecule has 0 N–H and O–H groups in total. The maximum atomic E-state index is 12.4. The number of hydrogen-bond acceptors (Lipinski definition) is 4. The molecule has 20 heavy (non-hydrogen) atoms. The van der Waals surface area contributed by atoms with E-state index in [1.807, 2.05) is 6.07 Å². The second-order valence-corrected chi connectivity index (χ2v) is 4.00. The maximum absolute atomic E-state index is 12.4. The molecule has 0 atom stereocenters. The minimum absolute atomic E-state index is 0.176. The third-order valence-electron chi connectivity index (χ3n) is 2.86. The van der Waals surface area contributed by atoms with Crippen molar-refractivity contribution in [2.75, 3.05) is 21.3 Å². The van der Waals surface area contributed by atoms with Crippen LogP contribution in [-0.2, 0) is 0 Å². The summed E-state index contributed by atoms with van der Waals surface area (Å²) in [5.41, 5.74) is 0.454. The molecular formula is C15H16NO4+. The van der Waals surface area contributed by atoms with Gasteiger partial charge >= 0.3 is 5.91 Å². The second kappa shape index (κ2) is 6.06. The predicted octanol–water partition coefficient (Wildman–Crippen LogP) is 1.69. The summed E-state index contributed by atoms with van der Waals surface area (Å²) in [6, 6.07) is 8.68. The molecule has 0 spiro atoms. The molecule has 0 amide bonds. The molecule has 1 aromatic carbocycles. The van der Waals surface area contributed by atoms with Gasteiger partial charge in [0.05, 0.1) is 26.9 Å². The molecule has 5 heteroatoms. The van der Waals surface area contributed by atoms with E-state index in [-0.39, 0.29) is 5.91 Å². The lowest BCUT2D eigenvalue weighted by atomic mass is 10.1. The molecule has 1 heterocycles. The van der Waals surface area contributed by atoms with Gasteiger partial charge < -0.3 is 14.2 Å². The Hall–Kier alpha value is -2.56. The van der Waals surface area contributed by atoms with Gasteiger partial charge in [-0.3, -0.25) is 0 Å². The number of pyridine rings is 1. The first kappa shape index (κ1) is 13.9. The number of carbonyl (C=O) groups excluding carboxylic acids is 1. The average Bonchev–Trinajstić information content (AvgIpc) is 2.53. The lowest BCUT2D eigenvalue weighted by Gasteiger charge is -2.12. The number of carbonyl (C=O) groups is 1. The van der Waals surface area contributed by atoms with Crippen molar-refractivity contribution in [1.82, 2.24) is 0 Å².